The van der Waals surface area contributed by atoms with Crippen LogP contribution >= 0.6 is 23.6 Å². The number of nitrogens with zero attached hydrogens (tertiary/aromatic N) is 1. The second-order valence-electron chi connectivity index (χ2n) is 6.61. The summed E-state index contributed by atoms with van der Waals surface area (Å²) in [7, 11) is 0. The highest BCUT2D eigenvalue weighted by molar-refractivity contribution is 7.73. The van der Waals surface area contributed by atoms with Crippen molar-refractivity contribution in [2.75, 3.05) is 0 Å². The minimum Gasteiger partial charge on any atom is -0.508 e. The Labute approximate surface area is 176 Å². The van der Waals surface area contributed by atoms with Crippen LogP contribution < -0.4 is 0 Å². The predicted octanol–water partition coefficient (Wildman–Crippen LogP) is 4.89. The summed E-state index contributed by atoms with van der Waals surface area (Å²) in [4.78, 5) is 11.2. The number of carboxylic acids is 1. The average molecular weight is 436 g/mol. The van der Waals surface area contributed by atoms with Gasteiger partial charge in [0.05, 0.1) is 10.4 Å². The Morgan fingerprint density at radius 1 is 1.10 bits per heavy atom. The number of phenols is 2. The molecular weight excluding hydrogens is 414 g/mol. The maximum Gasteiger partial charge on any atom is 0.303 e. The van der Waals surface area contributed by atoms with Crippen LogP contribution in [-0.4, -0.2) is 31.0 Å². The van der Waals surface area contributed by atoms with Crippen molar-refractivity contribution >= 4 is 29.5 Å². The van der Waals surface area contributed by atoms with Crippen molar-refractivity contribution in [1.82, 2.24) is 4.57 Å². The molecule has 2 heterocycles. The number of hydrogen-bond acceptors (Lipinski definition) is 7. The summed E-state index contributed by atoms with van der Waals surface area (Å²) < 4.78 is 7.98. The van der Waals surface area contributed by atoms with E-state index >= 15 is 0 Å². The van der Waals surface area contributed by atoms with Gasteiger partial charge in [-0.25, -0.2) is 0 Å². The molecule has 0 aliphatic heterocycles. The molecule has 0 amide bonds. The van der Waals surface area contributed by atoms with Crippen LogP contribution in [0.15, 0.2) is 34.7 Å². The zero-order valence-corrected chi connectivity index (χ0v) is 17.1. The number of aliphatic carboxylic acids is 1. The molecule has 0 bridgehead atoms. The van der Waals surface area contributed by atoms with E-state index in [9.17, 15) is 20.1 Å². The van der Waals surface area contributed by atoms with E-state index in [1.807, 2.05) is 0 Å². The van der Waals surface area contributed by atoms with Crippen LogP contribution in [0, 0.1) is 3.95 Å². The maximum atomic E-state index is 10.5. The molecule has 1 aromatic carbocycles. The van der Waals surface area contributed by atoms with Crippen LogP contribution in [0.4, 0.5) is 0 Å². The number of benzene rings is 1. The van der Waals surface area contributed by atoms with Gasteiger partial charge in [-0.05, 0) is 55.4 Å². The molecule has 9 heteroatoms. The van der Waals surface area contributed by atoms with E-state index < -0.39 is 5.97 Å². The van der Waals surface area contributed by atoms with E-state index in [-0.39, 0.29) is 23.8 Å². The normalized spacial score (nSPS) is 11.0. The van der Waals surface area contributed by atoms with E-state index in [4.69, 9.17) is 21.7 Å². The van der Waals surface area contributed by atoms with Crippen LogP contribution in [0.1, 0.15) is 36.3 Å². The number of phenolic OH excluding ortho intramolecular Hbond substituents is 2. The molecule has 7 nitrogen and oxygen atoms in total. The molecule has 154 valence electrons. The number of thiazole rings is 1. The Hall–Kier alpha value is -2.78. The van der Waals surface area contributed by atoms with Crippen molar-refractivity contribution in [3.63, 3.8) is 0 Å². The van der Waals surface area contributed by atoms with Crippen molar-refractivity contribution in [2.45, 2.75) is 38.6 Å². The standard InChI is InChI=1S/C20H21NO6S2/c22-12-5-7-15(23)14(10-12)16-8-6-13(27-16)11-17-19(26)21(20(28)29-17)9-3-1-2-4-18(24)25/h5-8,10,22-23,26H,1-4,9,11H2,(H,24,25). The summed E-state index contributed by atoms with van der Waals surface area (Å²) >= 11 is 6.64. The molecule has 0 spiro atoms. The number of furan rings is 1. The number of aromatic nitrogens is 1. The summed E-state index contributed by atoms with van der Waals surface area (Å²) in [6.07, 6.45) is 2.55. The van der Waals surface area contributed by atoms with Crippen LogP contribution in [0.25, 0.3) is 11.3 Å². The van der Waals surface area contributed by atoms with Gasteiger partial charge in [0, 0.05) is 19.4 Å². The first-order chi connectivity index (χ1) is 13.8. The zero-order chi connectivity index (χ0) is 21.0. The molecule has 0 aliphatic rings. The molecule has 0 unspecified atom stereocenters. The minimum absolute atomic E-state index is 0.00347. The smallest absolute Gasteiger partial charge is 0.303 e. The second kappa shape index (κ2) is 9.15. The first kappa shape index (κ1) is 20.9. The molecular formula is C20H21NO6S2. The number of carboxylic acid groups (broad SMARTS) is 1. The van der Waals surface area contributed by atoms with E-state index in [0.29, 0.717) is 45.3 Å². The van der Waals surface area contributed by atoms with E-state index in [2.05, 4.69) is 0 Å². The largest absolute Gasteiger partial charge is 0.508 e. The predicted molar refractivity (Wildman–Crippen MR) is 111 cm³/mol. The van der Waals surface area contributed by atoms with Gasteiger partial charge in [-0.15, -0.1) is 11.3 Å². The molecule has 0 saturated carbocycles. The zero-order valence-electron chi connectivity index (χ0n) is 15.5. The van der Waals surface area contributed by atoms with Crippen molar-refractivity contribution in [1.29, 1.82) is 0 Å². The molecule has 29 heavy (non-hydrogen) atoms. The molecule has 3 aromatic rings. The van der Waals surface area contributed by atoms with Crippen LogP contribution in [0.5, 0.6) is 17.4 Å². The Morgan fingerprint density at radius 3 is 2.66 bits per heavy atom. The average Bonchev–Trinajstić information content (AvgIpc) is 3.23. The first-order valence-electron chi connectivity index (χ1n) is 9.09. The summed E-state index contributed by atoms with van der Waals surface area (Å²) in [5.74, 6) is 0.302. The monoisotopic (exact) mass is 435 g/mol. The topological polar surface area (TPSA) is 116 Å². The molecule has 0 aliphatic carbocycles. The van der Waals surface area contributed by atoms with Crippen LogP contribution in [-0.2, 0) is 17.8 Å². The molecule has 0 saturated heterocycles. The second-order valence-corrected chi connectivity index (χ2v) is 8.34. The number of aromatic hydroxyl groups is 3. The summed E-state index contributed by atoms with van der Waals surface area (Å²) in [6, 6.07) is 7.63. The van der Waals surface area contributed by atoms with Gasteiger partial charge < -0.3 is 24.8 Å². The number of rotatable bonds is 9. The Morgan fingerprint density at radius 2 is 1.90 bits per heavy atom. The van der Waals surface area contributed by atoms with Crippen molar-refractivity contribution in [3.05, 3.63) is 44.9 Å². The van der Waals surface area contributed by atoms with Gasteiger partial charge in [0.2, 0.25) is 5.88 Å². The highest BCUT2D eigenvalue weighted by atomic mass is 32.1. The Kier molecular flexibility index (Phi) is 6.60. The van der Waals surface area contributed by atoms with E-state index in [1.54, 1.807) is 16.7 Å². The Bertz CT molecular complexity index is 1070. The highest BCUT2D eigenvalue weighted by Crippen LogP contribution is 2.35. The van der Waals surface area contributed by atoms with Gasteiger partial charge in [-0.2, -0.15) is 0 Å². The van der Waals surface area contributed by atoms with Crippen LogP contribution in [0.2, 0.25) is 0 Å². The first-order valence-corrected chi connectivity index (χ1v) is 10.3. The third-order valence-electron chi connectivity index (χ3n) is 4.45. The van der Waals surface area contributed by atoms with Crippen molar-refractivity contribution in [2.24, 2.45) is 0 Å². The van der Waals surface area contributed by atoms with Gasteiger partial charge in [0.1, 0.15) is 23.0 Å². The summed E-state index contributed by atoms with van der Waals surface area (Å²) in [5, 5.41) is 38.8. The fourth-order valence-corrected chi connectivity index (χ4v) is 4.37. The lowest BCUT2D eigenvalue weighted by molar-refractivity contribution is -0.137. The molecule has 4 N–H and O–H groups in total. The quantitative estimate of drug-likeness (QED) is 0.215. The van der Waals surface area contributed by atoms with Gasteiger partial charge in [0.15, 0.2) is 3.95 Å². The Balaban J connectivity index is 1.68. The molecule has 0 radical (unpaired) electrons. The van der Waals surface area contributed by atoms with Gasteiger partial charge in [-0.1, -0.05) is 6.42 Å². The lowest BCUT2D eigenvalue weighted by atomic mass is 10.1. The van der Waals surface area contributed by atoms with Crippen molar-refractivity contribution in [3.8, 4) is 28.7 Å². The van der Waals surface area contributed by atoms with Gasteiger partial charge in [0.25, 0.3) is 0 Å². The molecule has 2 aromatic heterocycles. The number of unbranched alkanes of at least 4 members (excludes halogenated alkanes) is 2. The van der Waals surface area contributed by atoms with Crippen molar-refractivity contribution < 1.29 is 29.6 Å². The lowest BCUT2D eigenvalue weighted by Gasteiger charge is -2.05. The lowest BCUT2D eigenvalue weighted by Crippen LogP contribution is -1.99. The highest BCUT2D eigenvalue weighted by Gasteiger charge is 2.16. The minimum atomic E-state index is -0.806. The maximum absolute atomic E-state index is 10.5. The summed E-state index contributed by atoms with van der Waals surface area (Å²) in [6.45, 7) is 0.529. The fraction of sp³-hybridized carbons (Fsp3) is 0.300. The number of carbonyl (C=O) groups is 1. The van der Waals surface area contributed by atoms with Gasteiger partial charge in [-0.3, -0.25) is 9.36 Å². The molecule has 0 atom stereocenters. The molecule has 3 rings (SSSR count). The third kappa shape index (κ3) is 5.18. The third-order valence-corrected chi connectivity index (χ3v) is 5.89. The van der Waals surface area contributed by atoms with E-state index in [1.165, 1.54) is 29.5 Å². The number of hydrogen-bond donors (Lipinski definition) is 4. The van der Waals surface area contributed by atoms with Crippen LogP contribution in [0.3, 0.4) is 0 Å². The summed E-state index contributed by atoms with van der Waals surface area (Å²) in [5.41, 5.74) is 0.382. The van der Waals surface area contributed by atoms with Gasteiger partial charge >= 0.3 is 5.97 Å². The van der Waals surface area contributed by atoms with E-state index in [0.717, 1.165) is 12.8 Å². The SMILES string of the molecule is O=C(O)CCCCCn1c(O)c(Cc2ccc(-c3cc(O)ccc3O)o2)sc1=S. The molecule has 0 fully saturated rings. The fourth-order valence-electron chi connectivity index (χ4n) is 2.98.